The van der Waals surface area contributed by atoms with Gasteiger partial charge in [0.25, 0.3) is 0 Å². The van der Waals surface area contributed by atoms with Crippen molar-refractivity contribution in [1.29, 1.82) is 0 Å². The van der Waals surface area contributed by atoms with Crippen molar-refractivity contribution in [3.05, 3.63) is 31.9 Å². The molecule has 6 heteroatoms. The van der Waals surface area contributed by atoms with E-state index in [0.29, 0.717) is 0 Å². The van der Waals surface area contributed by atoms with Gasteiger partial charge < -0.3 is 0 Å². The Labute approximate surface area is 120 Å². The van der Waals surface area contributed by atoms with Crippen molar-refractivity contribution in [1.82, 2.24) is 19.7 Å². The van der Waals surface area contributed by atoms with E-state index in [-0.39, 0.29) is 0 Å². The van der Waals surface area contributed by atoms with Gasteiger partial charge in [-0.05, 0) is 36.8 Å². The highest BCUT2D eigenvalue weighted by Crippen LogP contribution is 2.22. The van der Waals surface area contributed by atoms with Crippen LogP contribution in [0.2, 0.25) is 0 Å². The summed E-state index contributed by atoms with van der Waals surface area (Å²) in [4.78, 5) is 7.89. The van der Waals surface area contributed by atoms with Crippen LogP contribution in [0.5, 0.6) is 0 Å². The molecule has 0 atom stereocenters. The van der Waals surface area contributed by atoms with Crippen molar-refractivity contribution in [3.8, 4) is 0 Å². The van der Waals surface area contributed by atoms with Gasteiger partial charge in [-0.25, -0.2) is 4.98 Å². The van der Waals surface area contributed by atoms with Crippen LogP contribution in [0.25, 0.3) is 0 Å². The molecule has 98 valence electrons. The fraction of sp³-hybridized carbons (Fsp3) is 0.500. The standard InChI is InChI=1S/C12H17BrN4S/c1-8-11(18-7-14-8)6-16(3)5-10-12(13)9(2)15-17(10)4/h7H,5-6H2,1-4H3. The summed E-state index contributed by atoms with van der Waals surface area (Å²) >= 11 is 5.32. The van der Waals surface area contributed by atoms with E-state index in [4.69, 9.17) is 0 Å². The van der Waals surface area contributed by atoms with Crippen molar-refractivity contribution in [2.75, 3.05) is 7.05 Å². The number of hydrogen-bond donors (Lipinski definition) is 0. The highest BCUT2D eigenvalue weighted by Gasteiger charge is 2.13. The number of nitrogens with zero attached hydrogens (tertiary/aromatic N) is 4. The first-order valence-electron chi connectivity index (χ1n) is 5.74. The second-order valence-electron chi connectivity index (χ2n) is 4.50. The van der Waals surface area contributed by atoms with E-state index in [1.165, 1.54) is 10.6 Å². The number of rotatable bonds is 4. The van der Waals surface area contributed by atoms with Crippen LogP contribution in [-0.2, 0) is 20.1 Å². The predicted molar refractivity (Wildman–Crippen MR) is 77.7 cm³/mol. The lowest BCUT2D eigenvalue weighted by Gasteiger charge is -2.16. The molecule has 0 unspecified atom stereocenters. The Kier molecular flexibility index (Phi) is 4.19. The number of aromatic nitrogens is 3. The van der Waals surface area contributed by atoms with E-state index < -0.39 is 0 Å². The molecule has 0 aliphatic heterocycles. The maximum atomic E-state index is 4.41. The molecule has 0 aliphatic rings. The van der Waals surface area contributed by atoms with E-state index in [0.717, 1.165) is 29.0 Å². The van der Waals surface area contributed by atoms with Gasteiger partial charge >= 0.3 is 0 Å². The first-order valence-corrected chi connectivity index (χ1v) is 7.41. The maximum absolute atomic E-state index is 4.41. The smallest absolute Gasteiger partial charge is 0.0798 e. The lowest BCUT2D eigenvalue weighted by molar-refractivity contribution is 0.311. The van der Waals surface area contributed by atoms with E-state index >= 15 is 0 Å². The van der Waals surface area contributed by atoms with Gasteiger partial charge in [-0.2, -0.15) is 5.10 Å². The summed E-state index contributed by atoms with van der Waals surface area (Å²) in [7, 11) is 4.10. The zero-order chi connectivity index (χ0) is 13.3. The average Bonchev–Trinajstić information content (AvgIpc) is 2.79. The molecule has 0 N–H and O–H groups in total. The minimum absolute atomic E-state index is 0.870. The van der Waals surface area contributed by atoms with Gasteiger partial charge in [0.05, 0.1) is 27.1 Å². The molecule has 0 fully saturated rings. The summed E-state index contributed by atoms with van der Waals surface area (Å²) in [6.45, 7) is 5.87. The lowest BCUT2D eigenvalue weighted by Crippen LogP contribution is -2.19. The molecule has 2 aromatic rings. The first-order chi connectivity index (χ1) is 8.49. The van der Waals surface area contributed by atoms with Crippen LogP contribution in [0.15, 0.2) is 9.98 Å². The Morgan fingerprint density at radius 2 is 2.06 bits per heavy atom. The zero-order valence-corrected chi connectivity index (χ0v) is 13.5. The van der Waals surface area contributed by atoms with Crippen LogP contribution in [-0.4, -0.2) is 26.7 Å². The summed E-state index contributed by atoms with van der Waals surface area (Å²) in [5, 5.41) is 4.41. The Balaban J connectivity index is 2.07. The minimum atomic E-state index is 0.870. The van der Waals surface area contributed by atoms with Crippen LogP contribution in [0, 0.1) is 13.8 Å². The number of hydrogen-bond acceptors (Lipinski definition) is 4. The van der Waals surface area contributed by atoms with Crippen LogP contribution in [0.4, 0.5) is 0 Å². The summed E-state index contributed by atoms with van der Waals surface area (Å²) in [6.07, 6.45) is 0. The SMILES string of the molecule is Cc1ncsc1CN(C)Cc1c(Br)c(C)nn1C. The first kappa shape index (κ1) is 13.7. The molecule has 0 spiro atoms. The molecule has 0 aliphatic carbocycles. The molecular weight excluding hydrogens is 312 g/mol. The molecule has 2 rings (SSSR count). The largest absolute Gasteiger partial charge is 0.295 e. The van der Waals surface area contributed by atoms with Crippen molar-refractivity contribution >= 4 is 27.3 Å². The zero-order valence-electron chi connectivity index (χ0n) is 11.1. The van der Waals surface area contributed by atoms with Crippen LogP contribution in [0.3, 0.4) is 0 Å². The van der Waals surface area contributed by atoms with Gasteiger partial charge in [0.1, 0.15) is 0 Å². The van der Waals surface area contributed by atoms with Gasteiger partial charge in [-0.3, -0.25) is 9.58 Å². The quantitative estimate of drug-likeness (QED) is 0.865. The van der Waals surface area contributed by atoms with Crippen LogP contribution in [0.1, 0.15) is 22.0 Å². The molecular formula is C12H17BrN4S. The molecule has 2 heterocycles. The minimum Gasteiger partial charge on any atom is -0.295 e. The van der Waals surface area contributed by atoms with Crippen LogP contribution >= 0.6 is 27.3 Å². The van der Waals surface area contributed by atoms with Crippen molar-refractivity contribution in [2.45, 2.75) is 26.9 Å². The molecule has 0 saturated heterocycles. The molecule has 0 aromatic carbocycles. The maximum Gasteiger partial charge on any atom is 0.0798 e. The van der Waals surface area contributed by atoms with Crippen molar-refractivity contribution in [3.63, 3.8) is 0 Å². The van der Waals surface area contributed by atoms with E-state index in [9.17, 15) is 0 Å². The Morgan fingerprint density at radius 3 is 2.56 bits per heavy atom. The van der Waals surface area contributed by atoms with Gasteiger partial charge in [-0.15, -0.1) is 11.3 Å². The van der Waals surface area contributed by atoms with Gasteiger partial charge in [0.2, 0.25) is 0 Å². The monoisotopic (exact) mass is 328 g/mol. The second kappa shape index (κ2) is 5.50. The summed E-state index contributed by atoms with van der Waals surface area (Å²) in [6, 6.07) is 0. The summed E-state index contributed by atoms with van der Waals surface area (Å²) < 4.78 is 3.05. The van der Waals surface area contributed by atoms with Gasteiger partial charge in [0.15, 0.2) is 0 Å². The summed E-state index contributed by atoms with van der Waals surface area (Å²) in [5.41, 5.74) is 5.28. The number of halogens is 1. The summed E-state index contributed by atoms with van der Waals surface area (Å²) in [5.74, 6) is 0. The molecule has 0 saturated carbocycles. The third-order valence-electron chi connectivity index (χ3n) is 2.94. The molecule has 0 amide bonds. The second-order valence-corrected chi connectivity index (χ2v) is 6.24. The van der Waals surface area contributed by atoms with Gasteiger partial charge in [0, 0.05) is 25.0 Å². The molecule has 4 nitrogen and oxygen atoms in total. The van der Waals surface area contributed by atoms with E-state index in [1.807, 2.05) is 24.2 Å². The third-order valence-corrected chi connectivity index (χ3v) is 4.89. The normalized spacial score (nSPS) is 11.4. The van der Waals surface area contributed by atoms with E-state index in [2.05, 4.69) is 44.9 Å². The Hall–Kier alpha value is -0.720. The highest BCUT2D eigenvalue weighted by molar-refractivity contribution is 9.10. The fourth-order valence-corrected chi connectivity index (χ4v) is 3.20. The van der Waals surface area contributed by atoms with E-state index in [1.54, 1.807) is 11.3 Å². The number of thiazole rings is 1. The average molecular weight is 329 g/mol. The van der Waals surface area contributed by atoms with Crippen LogP contribution < -0.4 is 0 Å². The number of aryl methyl sites for hydroxylation is 3. The highest BCUT2D eigenvalue weighted by atomic mass is 79.9. The fourth-order valence-electron chi connectivity index (χ4n) is 1.89. The Bertz CT molecular complexity index is 546. The topological polar surface area (TPSA) is 34.0 Å². The molecule has 2 aromatic heterocycles. The molecule has 0 radical (unpaired) electrons. The van der Waals surface area contributed by atoms with Gasteiger partial charge in [-0.1, -0.05) is 0 Å². The molecule has 18 heavy (non-hydrogen) atoms. The van der Waals surface area contributed by atoms with Crippen molar-refractivity contribution in [2.24, 2.45) is 7.05 Å². The predicted octanol–water partition coefficient (Wildman–Crippen LogP) is 2.89. The lowest BCUT2D eigenvalue weighted by atomic mass is 10.3. The molecule has 0 bridgehead atoms. The van der Waals surface area contributed by atoms with Crippen molar-refractivity contribution < 1.29 is 0 Å². The Morgan fingerprint density at radius 1 is 1.33 bits per heavy atom. The third kappa shape index (κ3) is 2.81.